The molecule has 0 rings (SSSR count). The standard InChI is InChI=1S/C9H14O3.C9H12O3.CH4O/c2*1-3-4-7-12-9(11)6-5-8(2)10;1-2/h3-4H,5-7H2,1-2H3;5-7H2,1-2H3;2H,1H3/b4-3-;;. The Labute approximate surface area is 155 Å². The van der Waals surface area contributed by atoms with Gasteiger partial charge in [-0.1, -0.05) is 18.1 Å². The van der Waals surface area contributed by atoms with Crippen LogP contribution in [0.2, 0.25) is 0 Å². The molecule has 0 heterocycles. The van der Waals surface area contributed by atoms with E-state index in [1.807, 2.05) is 6.92 Å². The van der Waals surface area contributed by atoms with Crippen LogP contribution in [0.4, 0.5) is 0 Å². The highest BCUT2D eigenvalue weighted by atomic mass is 16.5. The molecule has 0 aliphatic carbocycles. The van der Waals surface area contributed by atoms with Gasteiger partial charge in [0.2, 0.25) is 0 Å². The summed E-state index contributed by atoms with van der Waals surface area (Å²) in [6.45, 7) is 6.84. The summed E-state index contributed by atoms with van der Waals surface area (Å²) in [4.78, 5) is 42.5. The van der Waals surface area contributed by atoms with Crippen LogP contribution in [0.15, 0.2) is 12.2 Å². The van der Waals surface area contributed by atoms with E-state index in [4.69, 9.17) is 9.84 Å². The zero-order chi connectivity index (χ0) is 20.8. The number of hydrogen-bond donors (Lipinski definition) is 1. The van der Waals surface area contributed by atoms with E-state index < -0.39 is 0 Å². The molecular formula is C19H30O7. The van der Waals surface area contributed by atoms with Gasteiger partial charge < -0.3 is 24.2 Å². The number of carbonyl (C=O) groups excluding carboxylic acids is 4. The number of carbonyl (C=O) groups is 4. The number of Topliss-reactive ketones (excluding diaryl/α,β-unsaturated/α-hetero) is 2. The topological polar surface area (TPSA) is 107 Å². The average Bonchev–Trinajstić information content (AvgIpc) is 2.61. The van der Waals surface area contributed by atoms with Crippen molar-refractivity contribution in [3.05, 3.63) is 12.2 Å². The van der Waals surface area contributed by atoms with Crippen LogP contribution in [-0.4, -0.2) is 48.9 Å². The van der Waals surface area contributed by atoms with Crippen LogP contribution in [0.25, 0.3) is 0 Å². The summed E-state index contributed by atoms with van der Waals surface area (Å²) in [5.74, 6) is 4.50. The summed E-state index contributed by atoms with van der Waals surface area (Å²) >= 11 is 0. The maximum atomic E-state index is 10.8. The second kappa shape index (κ2) is 22.5. The van der Waals surface area contributed by atoms with Crippen molar-refractivity contribution in [1.29, 1.82) is 0 Å². The van der Waals surface area contributed by atoms with Gasteiger partial charge in [-0.15, -0.1) is 5.92 Å². The fourth-order valence-corrected chi connectivity index (χ4v) is 1.13. The normalized spacial score (nSPS) is 8.69. The van der Waals surface area contributed by atoms with E-state index in [1.165, 1.54) is 13.8 Å². The zero-order valence-corrected chi connectivity index (χ0v) is 16.3. The van der Waals surface area contributed by atoms with Crippen molar-refractivity contribution in [3.8, 4) is 11.8 Å². The summed E-state index contributed by atoms with van der Waals surface area (Å²) in [6, 6.07) is 0. The van der Waals surface area contributed by atoms with Gasteiger partial charge in [-0.05, 0) is 27.7 Å². The lowest BCUT2D eigenvalue weighted by Crippen LogP contribution is -2.06. The van der Waals surface area contributed by atoms with E-state index in [9.17, 15) is 19.2 Å². The second-order valence-electron chi connectivity index (χ2n) is 4.74. The van der Waals surface area contributed by atoms with Crippen molar-refractivity contribution in [2.75, 3.05) is 20.3 Å². The maximum absolute atomic E-state index is 10.8. The fourth-order valence-electron chi connectivity index (χ4n) is 1.13. The van der Waals surface area contributed by atoms with Crippen LogP contribution in [0.1, 0.15) is 53.4 Å². The molecule has 0 aliphatic heterocycles. The van der Waals surface area contributed by atoms with E-state index in [0.29, 0.717) is 6.61 Å². The van der Waals surface area contributed by atoms with Gasteiger partial charge in [-0.25, -0.2) is 0 Å². The molecule has 0 bridgehead atoms. The summed E-state index contributed by atoms with van der Waals surface area (Å²) in [6.07, 6.45) is 4.41. The van der Waals surface area contributed by atoms with Crippen LogP contribution in [0.3, 0.4) is 0 Å². The van der Waals surface area contributed by atoms with Crippen molar-refractivity contribution in [3.63, 3.8) is 0 Å². The zero-order valence-electron chi connectivity index (χ0n) is 16.3. The summed E-state index contributed by atoms with van der Waals surface area (Å²) < 4.78 is 9.42. The van der Waals surface area contributed by atoms with Crippen LogP contribution in [-0.2, 0) is 28.7 Å². The second-order valence-corrected chi connectivity index (χ2v) is 4.74. The van der Waals surface area contributed by atoms with Crippen LogP contribution >= 0.6 is 0 Å². The van der Waals surface area contributed by atoms with Crippen molar-refractivity contribution < 1.29 is 33.8 Å². The van der Waals surface area contributed by atoms with Crippen molar-refractivity contribution >= 4 is 23.5 Å². The fraction of sp³-hybridized carbons (Fsp3) is 0.579. The highest BCUT2D eigenvalue weighted by Crippen LogP contribution is 1.94. The van der Waals surface area contributed by atoms with Crippen molar-refractivity contribution in [2.45, 2.75) is 53.4 Å². The summed E-state index contributed by atoms with van der Waals surface area (Å²) in [5, 5.41) is 7.00. The number of esters is 2. The first-order valence-electron chi connectivity index (χ1n) is 8.09. The lowest BCUT2D eigenvalue weighted by atomic mass is 10.2. The first kappa shape index (κ1) is 28.3. The first-order valence-corrected chi connectivity index (χ1v) is 8.09. The Morgan fingerprint density at radius 1 is 0.885 bits per heavy atom. The third-order valence-electron chi connectivity index (χ3n) is 2.42. The predicted molar refractivity (Wildman–Crippen MR) is 98.2 cm³/mol. The average molecular weight is 370 g/mol. The smallest absolute Gasteiger partial charge is 0.307 e. The molecule has 0 aromatic carbocycles. The number of ketones is 2. The lowest BCUT2D eigenvalue weighted by Gasteiger charge is -1.98. The molecule has 7 nitrogen and oxygen atoms in total. The Hall–Kier alpha value is -2.46. The van der Waals surface area contributed by atoms with Gasteiger partial charge in [0.05, 0.1) is 12.8 Å². The van der Waals surface area contributed by atoms with E-state index in [1.54, 1.807) is 19.1 Å². The SMILES string of the molecule is C/C=C\COC(=O)CCC(C)=O.CC#CCOC(=O)CCC(C)=O.CO. The van der Waals surface area contributed by atoms with E-state index in [2.05, 4.69) is 16.6 Å². The van der Waals surface area contributed by atoms with Gasteiger partial charge in [0.1, 0.15) is 18.2 Å². The molecule has 148 valence electrons. The Morgan fingerprint density at radius 2 is 1.35 bits per heavy atom. The molecule has 0 fully saturated rings. The molecule has 0 amide bonds. The van der Waals surface area contributed by atoms with Crippen LogP contribution in [0.5, 0.6) is 0 Å². The molecule has 0 spiro atoms. The monoisotopic (exact) mass is 370 g/mol. The number of allylic oxidation sites excluding steroid dienone is 1. The minimum Gasteiger partial charge on any atom is -0.461 e. The predicted octanol–water partition coefficient (Wildman–Crippen LogP) is 2.01. The third kappa shape index (κ3) is 29.5. The maximum Gasteiger partial charge on any atom is 0.307 e. The Morgan fingerprint density at radius 3 is 1.73 bits per heavy atom. The quantitative estimate of drug-likeness (QED) is 0.376. The molecule has 7 heteroatoms. The molecule has 0 aromatic heterocycles. The Balaban J connectivity index is -0.000000371. The number of ether oxygens (including phenoxy) is 2. The summed E-state index contributed by atoms with van der Waals surface area (Å²) in [7, 11) is 1.00. The highest BCUT2D eigenvalue weighted by Gasteiger charge is 2.03. The largest absolute Gasteiger partial charge is 0.461 e. The van der Waals surface area contributed by atoms with E-state index >= 15 is 0 Å². The highest BCUT2D eigenvalue weighted by molar-refractivity contribution is 5.81. The molecule has 0 aliphatic rings. The van der Waals surface area contributed by atoms with Gasteiger partial charge in [0, 0.05) is 20.0 Å². The first-order chi connectivity index (χ1) is 12.3. The molecule has 26 heavy (non-hydrogen) atoms. The van der Waals surface area contributed by atoms with Crippen LogP contribution in [0, 0.1) is 11.8 Å². The molecule has 0 unspecified atom stereocenters. The third-order valence-corrected chi connectivity index (χ3v) is 2.42. The number of aliphatic hydroxyl groups excluding tert-OH is 1. The summed E-state index contributed by atoms with van der Waals surface area (Å²) in [5.41, 5.74) is 0. The minimum atomic E-state index is -0.368. The minimum absolute atomic E-state index is 0.00599. The number of aliphatic hydroxyl groups is 1. The molecule has 0 radical (unpaired) electrons. The van der Waals surface area contributed by atoms with Crippen molar-refractivity contribution in [1.82, 2.24) is 0 Å². The number of hydrogen-bond acceptors (Lipinski definition) is 7. The van der Waals surface area contributed by atoms with E-state index in [0.717, 1.165) is 7.11 Å². The van der Waals surface area contributed by atoms with Gasteiger partial charge in [-0.3, -0.25) is 9.59 Å². The van der Waals surface area contributed by atoms with Crippen LogP contribution < -0.4 is 0 Å². The molecule has 0 saturated carbocycles. The Bertz CT molecular complexity index is 496. The Kier molecular flexibility index (Phi) is 24.6. The molecule has 0 saturated heterocycles. The molecular weight excluding hydrogens is 340 g/mol. The molecule has 0 aromatic rings. The number of rotatable bonds is 9. The lowest BCUT2D eigenvalue weighted by molar-refractivity contribution is -0.144. The van der Waals surface area contributed by atoms with E-state index in [-0.39, 0.29) is 55.8 Å². The van der Waals surface area contributed by atoms with Crippen molar-refractivity contribution in [2.24, 2.45) is 0 Å². The van der Waals surface area contributed by atoms with Gasteiger partial charge in [0.25, 0.3) is 0 Å². The molecule has 1 N–H and O–H groups in total. The van der Waals surface area contributed by atoms with Gasteiger partial charge in [-0.2, -0.15) is 0 Å². The van der Waals surface area contributed by atoms with Gasteiger partial charge in [0.15, 0.2) is 6.61 Å². The molecule has 0 atom stereocenters. The van der Waals surface area contributed by atoms with Gasteiger partial charge >= 0.3 is 11.9 Å².